The van der Waals surface area contributed by atoms with Crippen LogP contribution in [0.3, 0.4) is 0 Å². The summed E-state index contributed by atoms with van der Waals surface area (Å²) in [6.45, 7) is 2.90. The van der Waals surface area contributed by atoms with E-state index in [9.17, 15) is 4.79 Å². The zero-order valence-corrected chi connectivity index (χ0v) is 19.8. The Morgan fingerprint density at radius 3 is 1.94 bits per heavy atom. The molecule has 0 atom stereocenters. The first-order valence-electron chi connectivity index (χ1n) is 12.2. The van der Waals surface area contributed by atoms with Gasteiger partial charge in [-0.25, -0.2) is 14.8 Å². The lowest BCUT2D eigenvalue weighted by atomic mass is 10.0. The Bertz CT molecular complexity index is 1210. The van der Waals surface area contributed by atoms with Crippen molar-refractivity contribution in [1.29, 1.82) is 0 Å². The molecule has 3 aromatic carbocycles. The van der Waals surface area contributed by atoms with Crippen LogP contribution in [0.2, 0.25) is 0 Å². The number of benzene rings is 3. The Kier molecular flexibility index (Phi) is 8.22. The molecular formula is C29H32N4O. The summed E-state index contributed by atoms with van der Waals surface area (Å²) < 4.78 is 0. The third kappa shape index (κ3) is 6.19. The van der Waals surface area contributed by atoms with Crippen molar-refractivity contribution in [3.63, 3.8) is 0 Å². The molecule has 0 saturated carbocycles. The van der Waals surface area contributed by atoms with Crippen molar-refractivity contribution < 1.29 is 4.79 Å². The van der Waals surface area contributed by atoms with Gasteiger partial charge in [0.05, 0.1) is 22.4 Å². The van der Waals surface area contributed by atoms with Gasteiger partial charge in [-0.2, -0.15) is 0 Å². The molecule has 1 aromatic heterocycles. The lowest BCUT2D eigenvalue weighted by Gasteiger charge is -2.12. The average molecular weight is 453 g/mol. The number of carbonyl (C=O) groups is 1. The Morgan fingerprint density at radius 2 is 1.29 bits per heavy atom. The molecule has 0 spiro atoms. The molecule has 0 aliphatic heterocycles. The summed E-state index contributed by atoms with van der Waals surface area (Å²) in [6, 6.07) is 25.7. The SMILES string of the molecule is CCCCCCCCNC(=O)Nc1ccc2nc(-c3ccccc3)c(-c3ccccc3)nc2c1. The van der Waals surface area contributed by atoms with Crippen molar-refractivity contribution >= 4 is 22.8 Å². The third-order valence-electron chi connectivity index (χ3n) is 5.83. The monoisotopic (exact) mass is 452 g/mol. The highest BCUT2D eigenvalue weighted by Crippen LogP contribution is 2.31. The van der Waals surface area contributed by atoms with Gasteiger partial charge < -0.3 is 10.6 Å². The molecule has 4 rings (SSSR count). The van der Waals surface area contributed by atoms with Crippen LogP contribution in [-0.4, -0.2) is 22.5 Å². The summed E-state index contributed by atoms with van der Waals surface area (Å²) in [5.74, 6) is 0. The number of nitrogens with zero attached hydrogens (tertiary/aromatic N) is 2. The minimum Gasteiger partial charge on any atom is -0.338 e. The predicted octanol–water partition coefficient (Wildman–Crippen LogP) is 7.45. The Labute approximate surface area is 201 Å². The minimum absolute atomic E-state index is 0.190. The van der Waals surface area contributed by atoms with Crippen molar-refractivity contribution in [2.75, 3.05) is 11.9 Å². The second kappa shape index (κ2) is 11.9. The van der Waals surface area contributed by atoms with E-state index in [-0.39, 0.29) is 6.03 Å². The first-order chi connectivity index (χ1) is 16.7. The molecule has 0 saturated heterocycles. The van der Waals surface area contributed by atoms with Crippen LogP contribution in [0.1, 0.15) is 45.4 Å². The third-order valence-corrected chi connectivity index (χ3v) is 5.83. The van der Waals surface area contributed by atoms with Crippen LogP contribution in [0, 0.1) is 0 Å². The summed E-state index contributed by atoms with van der Waals surface area (Å²) >= 11 is 0. The van der Waals surface area contributed by atoms with Crippen LogP contribution in [0.25, 0.3) is 33.5 Å². The molecule has 0 radical (unpaired) electrons. The van der Waals surface area contributed by atoms with Crippen molar-refractivity contribution in [2.45, 2.75) is 45.4 Å². The minimum atomic E-state index is -0.190. The number of unbranched alkanes of at least 4 members (excludes halogenated alkanes) is 5. The molecule has 4 aromatic rings. The number of carbonyl (C=O) groups excluding carboxylic acids is 1. The fourth-order valence-electron chi connectivity index (χ4n) is 4.01. The normalized spacial score (nSPS) is 10.9. The summed E-state index contributed by atoms with van der Waals surface area (Å²) in [4.78, 5) is 22.3. The van der Waals surface area contributed by atoms with Crippen LogP contribution in [-0.2, 0) is 0 Å². The molecule has 5 heteroatoms. The second-order valence-electron chi connectivity index (χ2n) is 8.51. The molecule has 174 valence electrons. The highest BCUT2D eigenvalue weighted by atomic mass is 16.2. The van der Waals surface area contributed by atoms with Crippen molar-refractivity contribution in [2.24, 2.45) is 0 Å². The first-order valence-corrected chi connectivity index (χ1v) is 12.2. The Morgan fingerprint density at radius 1 is 0.706 bits per heavy atom. The van der Waals surface area contributed by atoms with E-state index >= 15 is 0 Å². The molecule has 0 aliphatic carbocycles. The van der Waals surface area contributed by atoms with E-state index < -0.39 is 0 Å². The maximum absolute atomic E-state index is 12.4. The lowest BCUT2D eigenvalue weighted by Crippen LogP contribution is -2.29. The largest absolute Gasteiger partial charge is 0.338 e. The lowest BCUT2D eigenvalue weighted by molar-refractivity contribution is 0.252. The molecule has 0 aliphatic rings. The number of nitrogens with one attached hydrogen (secondary N) is 2. The van der Waals surface area contributed by atoms with Gasteiger partial charge in [-0.05, 0) is 24.6 Å². The van der Waals surface area contributed by atoms with E-state index in [4.69, 9.17) is 9.97 Å². The van der Waals surface area contributed by atoms with E-state index in [2.05, 4.69) is 17.6 Å². The summed E-state index contributed by atoms with van der Waals surface area (Å²) in [7, 11) is 0. The van der Waals surface area contributed by atoms with Gasteiger partial charge in [0.1, 0.15) is 0 Å². The number of hydrogen-bond acceptors (Lipinski definition) is 3. The second-order valence-corrected chi connectivity index (χ2v) is 8.51. The quantitative estimate of drug-likeness (QED) is 0.246. The topological polar surface area (TPSA) is 66.9 Å². The molecule has 34 heavy (non-hydrogen) atoms. The number of hydrogen-bond donors (Lipinski definition) is 2. The van der Waals surface area contributed by atoms with Crippen LogP contribution in [0.15, 0.2) is 78.9 Å². The van der Waals surface area contributed by atoms with Gasteiger partial charge in [-0.1, -0.05) is 99.7 Å². The van der Waals surface area contributed by atoms with E-state index in [1.54, 1.807) is 0 Å². The number of fused-ring (bicyclic) bond motifs is 1. The fraction of sp³-hybridized carbons (Fsp3) is 0.276. The van der Waals surface area contributed by atoms with Gasteiger partial charge in [-0.3, -0.25) is 0 Å². The van der Waals surface area contributed by atoms with Crippen molar-refractivity contribution in [3.8, 4) is 22.5 Å². The van der Waals surface area contributed by atoms with Crippen molar-refractivity contribution in [3.05, 3.63) is 78.9 Å². The number of amides is 2. The molecule has 0 bridgehead atoms. The molecule has 0 fully saturated rings. The van der Waals surface area contributed by atoms with E-state index in [0.717, 1.165) is 46.4 Å². The molecule has 5 nitrogen and oxygen atoms in total. The highest BCUT2D eigenvalue weighted by molar-refractivity contribution is 5.93. The van der Waals surface area contributed by atoms with Gasteiger partial charge in [0.2, 0.25) is 0 Å². The van der Waals surface area contributed by atoms with Crippen LogP contribution >= 0.6 is 0 Å². The standard InChI is InChI=1S/C29H32N4O/c1-2-3-4-5-6-13-20-30-29(34)31-24-18-19-25-26(21-24)33-28(23-16-11-8-12-17-23)27(32-25)22-14-9-7-10-15-22/h7-12,14-19,21H,2-6,13,20H2,1H3,(H2,30,31,34). The molecule has 1 heterocycles. The van der Waals surface area contributed by atoms with E-state index in [1.165, 1.54) is 25.7 Å². The number of anilines is 1. The molecule has 2 N–H and O–H groups in total. The van der Waals surface area contributed by atoms with Crippen LogP contribution in [0.4, 0.5) is 10.5 Å². The highest BCUT2D eigenvalue weighted by Gasteiger charge is 2.13. The zero-order chi connectivity index (χ0) is 23.6. The smallest absolute Gasteiger partial charge is 0.319 e. The van der Waals surface area contributed by atoms with Gasteiger partial charge >= 0.3 is 6.03 Å². The number of aromatic nitrogens is 2. The Balaban J connectivity index is 1.50. The summed E-state index contributed by atoms with van der Waals surface area (Å²) in [5, 5.41) is 5.88. The predicted molar refractivity (Wildman–Crippen MR) is 141 cm³/mol. The average Bonchev–Trinajstić information content (AvgIpc) is 2.88. The van der Waals surface area contributed by atoms with Crippen molar-refractivity contribution in [1.82, 2.24) is 15.3 Å². The molecule has 2 amide bonds. The molecular weight excluding hydrogens is 420 g/mol. The maximum Gasteiger partial charge on any atom is 0.319 e. The first kappa shape index (κ1) is 23.4. The number of urea groups is 1. The summed E-state index contributed by atoms with van der Waals surface area (Å²) in [5.41, 5.74) is 5.93. The maximum atomic E-state index is 12.4. The number of rotatable bonds is 10. The summed E-state index contributed by atoms with van der Waals surface area (Å²) in [6.07, 6.45) is 7.20. The van der Waals surface area contributed by atoms with Gasteiger partial charge in [-0.15, -0.1) is 0 Å². The molecule has 0 unspecified atom stereocenters. The zero-order valence-electron chi connectivity index (χ0n) is 19.8. The van der Waals surface area contributed by atoms with Gasteiger partial charge in [0.25, 0.3) is 0 Å². The van der Waals surface area contributed by atoms with Crippen LogP contribution in [0.5, 0.6) is 0 Å². The van der Waals surface area contributed by atoms with Crippen LogP contribution < -0.4 is 10.6 Å². The fourth-order valence-corrected chi connectivity index (χ4v) is 4.01. The Hall–Kier alpha value is -3.73. The van der Waals surface area contributed by atoms with Gasteiger partial charge in [0.15, 0.2) is 0 Å². The van der Waals surface area contributed by atoms with E-state index in [1.807, 2.05) is 78.9 Å². The van der Waals surface area contributed by atoms with Gasteiger partial charge in [0, 0.05) is 23.4 Å². The van der Waals surface area contributed by atoms with E-state index in [0.29, 0.717) is 12.2 Å².